The second-order valence-corrected chi connectivity index (χ2v) is 7.21. The first-order valence-corrected chi connectivity index (χ1v) is 10.4. The molecule has 1 aliphatic heterocycles. The van der Waals surface area contributed by atoms with E-state index in [1.54, 1.807) is 34.3 Å². The molecule has 31 heavy (non-hydrogen) atoms. The van der Waals surface area contributed by atoms with Crippen LogP contribution in [0.1, 0.15) is 55.2 Å². The van der Waals surface area contributed by atoms with E-state index in [0.717, 1.165) is 16.8 Å². The van der Waals surface area contributed by atoms with Crippen molar-refractivity contribution in [3.8, 4) is 0 Å². The van der Waals surface area contributed by atoms with Crippen LogP contribution in [0.25, 0.3) is 5.70 Å². The summed E-state index contributed by atoms with van der Waals surface area (Å²) in [4.78, 5) is 25.9. The zero-order chi connectivity index (χ0) is 23.1. The Hall–Kier alpha value is -3.32. The lowest BCUT2D eigenvalue weighted by molar-refractivity contribution is -0.116. The molecule has 0 fully saturated rings. The van der Waals surface area contributed by atoms with E-state index in [-0.39, 0.29) is 17.9 Å². The first kappa shape index (κ1) is 24.0. The second-order valence-electron chi connectivity index (χ2n) is 7.21. The quantitative estimate of drug-likeness (QED) is 0.441. The van der Waals surface area contributed by atoms with E-state index in [2.05, 4.69) is 0 Å². The number of carbonyl (C=O) groups is 2. The fraction of sp³-hybridized carbons (Fsp3) is 0.333. The summed E-state index contributed by atoms with van der Waals surface area (Å²) < 4.78 is 4.85. The highest BCUT2D eigenvalue weighted by molar-refractivity contribution is 5.95. The van der Waals surface area contributed by atoms with Crippen molar-refractivity contribution in [1.82, 2.24) is 5.01 Å². The molecule has 0 bridgehead atoms. The van der Waals surface area contributed by atoms with Crippen LogP contribution in [0.3, 0.4) is 0 Å². The minimum Gasteiger partial charge on any atom is -0.465 e. The van der Waals surface area contributed by atoms with Crippen molar-refractivity contribution in [3.63, 3.8) is 0 Å². The molecule has 0 aliphatic carbocycles. The highest BCUT2D eigenvalue weighted by Crippen LogP contribution is 2.40. The number of methoxy groups -OCH3 is 1. The standard InChI is InChI=1S/C22H26N4O3.C2H6/c1-14-12-25(15(2)27)20-10-9-17(22(28)29-3)11-18(20)21(14)26(24)13-19(23)16-7-5-4-6-8-16;1-2/h4-11,13-14,21H,12,23-24H2,1-3H3;1-2H3/b19-13-;/t14-,21?;/m1./s1. The Morgan fingerprint density at radius 2 is 1.77 bits per heavy atom. The van der Waals surface area contributed by atoms with Gasteiger partial charge in [0.05, 0.1) is 24.4 Å². The largest absolute Gasteiger partial charge is 0.465 e. The van der Waals surface area contributed by atoms with E-state index >= 15 is 0 Å². The predicted octanol–water partition coefficient (Wildman–Crippen LogP) is 3.68. The van der Waals surface area contributed by atoms with Gasteiger partial charge in [-0.1, -0.05) is 51.1 Å². The minimum absolute atomic E-state index is 0.00382. The first-order valence-electron chi connectivity index (χ1n) is 10.4. The molecule has 1 amide bonds. The van der Waals surface area contributed by atoms with E-state index in [4.69, 9.17) is 16.3 Å². The van der Waals surface area contributed by atoms with Crippen molar-refractivity contribution < 1.29 is 14.3 Å². The van der Waals surface area contributed by atoms with Gasteiger partial charge in [0.1, 0.15) is 0 Å². The highest BCUT2D eigenvalue weighted by Gasteiger charge is 2.35. The van der Waals surface area contributed by atoms with Crippen LogP contribution in [0.4, 0.5) is 5.69 Å². The van der Waals surface area contributed by atoms with Crippen molar-refractivity contribution in [3.05, 3.63) is 71.4 Å². The number of fused-ring (bicyclic) bond motifs is 1. The summed E-state index contributed by atoms with van der Waals surface area (Å²) in [5.41, 5.74) is 9.55. The van der Waals surface area contributed by atoms with Crippen molar-refractivity contribution in [2.45, 2.75) is 33.7 Å². The number of nitrogens with zero attached hydrogens (tertiary/aromatic N) is 2. The van der Waals surface area contributed by atoms with E-state index in [9.17, 15) is 9.59 Å². The average molecular weight is 425 g/mol. The van der Waals surface area contributed by atoms with Gasteiger partial charge in [-0.25, -0.2) is 10.6 Å². The Morgan fingerprint density at radius 3 is 2.35 bits per heavy atom. The van der Waals surface area contributed by atoms with Gasteiger partial charge in [-0.15, -0.1) is 0 Å². The van der Waals surface area contributed by atoms with Crippen LogP contribution in [0.5, 0.6) is 0 Å². The molecule has 4 N–H and O–H groups in total. The summed E-state index contributed by atoms with van der Waals surface area (Å²) in [5.74, 6) is 5.93. The number of nitrogens with two attached hydrogens (primary N) is 2. The van der Waals surface area contributed by atoms with Crippen LogP contribution >= 0.6 is 0 Å². The van der Waals surface area contributed by atoms with Crippen LogP contribution in [0, 0.1) is 5.92 Å². The monoisotopic (exact) mass is 424 g/mol. The lowest BCUT2D eigenvalue weighted by Gasteiger charge is -2.42. The third-order valence-electron chi connectivity index (χ3n) is 5.16. The smallest absolute Gasteiger partial charge is 0.337 e. The number of esters is 1. The summed E-state index contributed by atoms with van der Waals surface area (Å²) in [7, 11) is 1.34. The minimum atomic E-state index is -0.443. The number of anilines is 1. The molecule has 0 aromatic heterocycles. The summed E-state index contributed by atoms with van der Waals surface area (Å²) in [6.07, 6.45) is 1.69. The molecule has 2 aromatic carbocycles. The molecule has 3 rings (SSSR count). The maximum absolute atomic E-state index is 12.2. The number of carbonyl (C=O) groups excluding carboxylic acids is 2. The Labute approximate surface area is 184 Å². The van der Waals surface area contributed by atoms with E-state index in [1.165, 1.54) is 14.0 Å². The topological polar surface area (TPSA) is 102 Å². The lowest BCUT2D eigenvalue weighted by atomic mass is 9.86. The van der Waals surface area contributed by atoms with Gasteiger partial charge in [-0.05, 0) is 23.8 Å². The fourth-order valence-corrected chi connectivity index (χ4v) is 3.77. The van der Waals surface area contributed by atoms with Crippen molar-refractivity contribution in [2.75, 3.05) is 18.6 Å². The SMILES string of the molecule is CC.COC(=O)c1ccc2c(c1)C(N(N)/C=C(\N)c1ccccc1)[C@H](C)CN2C(C)=O. The molecule has 1 unspecified atom stereocenters. The Kier molecular flexibility index (Phi) is 8.22. The van der Waals surface area contributed by atoms with Gasteiger partial charge >= 0.3 is 5.97 Å². The second kappa shape index (κ2) is 10.6. The maximum atomic E-state index is 12.2. The van der Waals surface area contributed by atoms with Crippen molar-refractivity contribution in [1.29, 1.82) is 0 Å². The van der Waals surface area contributed by atoms with Crippen LogP contribution < -0.4 is 16.5 Å². The highest BCUT2D eigenvalue weighted by atomic mass is 16.5. The number of hydrogen-bond acceptors (Lipinski definition) is 6. The Balaban J connectivity index is 0.00000166. The van der Waals surface area contributed by atoms with Gasteiger partial charge in [-0.2, -0.15) is 0 Å². The molecular weight excluding hydrogens is 392 g/mol. The molecule has 0 spiro atoms. The lowest BCUT2D eigenvalue weighted by Crippen LogP contribution is -2.46. The predicted molar refractivity (Wildman–Crippen MR) is 124 cm³/mol. The van der Waals surface area contributed by atoms with Gasteiger partial charge in [0.2, 0.25) is 5.91 Å². The third kappa shape index (κ3) is 5.24. The van der Waals surface area contributed by atoms with Gasteiger partial charge in [0, 0.05) is 36.8 Å². The van der Waals surface area contributed by atoms with Crippen LogP contribution in [0.2, 0.25) is 0 Å². The Morgan fingerprint density at radius 1 is 1.13 bits per heavy atom. The van der Waals surface area contributed by atoms with Gasteiger partial charge in [0.15, 0.2) is 0 Å². The van der Waals surface area contributed by atoms with Crippen molar-refractivity contribution in [2.24, 2.45) is 17.5 Å². The first-order chi connectivity index (χ1) is 14.8. The molecule has 0 saturated carbocycles. The molecule has 166 valence electrons. The van der Waals surface area contributed by atoms with Gasteiger partial charge in [0.25, 0.3) is 0 Å². The summed E-state index contributed by atoms with van der Waals surface area (Å²) in [6, 6.07) is 14.4. The molecule has 7 nitrogen and oxygen atoms in total. The van der Waals surface area contributed by atoms with Gasteiger partial charge in [-0.3, -0.25) is 4.79 Å². The van der Waals surface area contributed by atoms with Crippen LogP contribution in [-0.2, 0) is 9.53 Å². The number of hydrogen-bond donors (Lipinski definition) is 2. The van der Waals surface area contributed by atoms with Crippen molar-refractivity contribution >= 4 is 23.3 Å². The maximum Gasteiger partial charge on any atom is 0.337 e. The molecular formula is C24H32N4O3. The number of amides is 1. The van der Waals surface area contributed by atoms with E-state index in [0.29, 0.717) is 17.8 Å². The number of rotatable bonds is 4. The number of hydrazine groups is 1. The molecule has 1 aliphatic rings. The fourth-order valence-electron chi connectivity index (χ4n) is 3.77. The molecule has 1 heterocycles. The van der Waals surface area contributed by atoms with Crippen LogP contribution in [-0.4, -0.2) is 30.5 Å². The van der Waals surface area contributed by atoms with Crippen LogP contribution in [0.15, 0.2) is 54.7 Å². The molecule has 2 aromatic rings. The average Bonchev–Trinajstić information content (AvgIpc) is 2.79. The zero-order valence-corrected chi connectivity index (χ0v) is 18.8. The summed E-state index contributed by atoms with van der Waals surface area (Å²) in [5, 5.41) is 1.56. The molecule has 2 atom stereocenters. The van der Waals surface area contributed by atoms with E-state index in [1.807, 2.05) is 51.1 Å². The summed E-state index contributed by atoms with van der Waals surface area (Å²) >= 11 is 0. The summed E-state index contributed by atoms with van der Waals surface area (Å²) in [6.45, 7) is 8.05. The third-order valence-corrected chi connectivity index (χ3v) is 5.16. The Bertz CT molecular complexity index is 943. The molecule has 7 heteroatoms. The van der Waals surface area contributed by atoms with Gasteiger partial charge < -0.3 is 20.4 Å². The molecule has 0 radical (unpaired) electrons. The zero-order valence-electron chi connectivity index (χ0n) is 18.8. The normalized spacial score (nSPS) is 17.7. The number of ether oxygens (including phenoxy) is 1. The molecule has 0 saturated heterocycles. The number of benzene rings is 2. The van der Waals surface area contributed by atoms with E-state index < -0.39 is 5.97 Å².